The highest BCUT2D eigenvalue weighted by Crippen LogP contribution is 2.37. The van der Waals surface area contributed by atoms with Crippen LogP contribution in [-0.4, -0.2) is 21.2 Å². The summed E-state index contributed by atoms with van der Waals surface area (Å²) in [6, 6.07) is 0. The van der Waals surface area contributed by atoms with Crippen LogP contribution in [0.4, 0.5) is 5.82 Å². The molecule has 12 heavy (non-hydrogen) atoms. The smallest absolute Gasteiger partial charge is 0.178 e. The Kier molecular flexibility index (Phi) is 0.788. The van der Waals surface area contributed by atoms with Gasteiger partial charge in [-0.25, -0.2) is 9.98 Å². The summed E-state index contributed by atoms with van der Waals surface area (Å²) in [5.74, 6) is 0.679. The molecule has 1 unspecified atom stereocenters. The molecule has 2 aliphatic rings. The van der Waals surface area contributed by atoms with Gasteiger partial charge in [0, 0.05) is 6.20 Å². The van der Waals surface area contributed by atoms with Gasteiger partial charge in [0.15, 0.2) is 11.5 Å². The van der Waals surface area contributed by atoms with Gasteiger partial charge in [0.2, 0.25) is 0 Å². The average Bonchev–Trinajstić information content (AvgIpc) is 2.48. The first-order chi connectivity index (χ1) is 5.81. The van der Waals surface area contributed by atoms with Crippen LogP contribution in [0.5, 0.6) is 0 Å². The Labute approximate surface area is 68.6 Å². The Morgan fingerprint density at radius 3 is 3.25 bits per heavy atom. The van der Waals surface area contributed by atoms with Crippen LogP contribution in [-0.2, 0) is 5.66 Å². The third kappa shape index (κ3) is 0.464. The van der Waals surface area contributed by atoms with E-state index >= 15 is 0 Å². The fourth-order valence-electron chi connectivity index (χ4n) is 1.46. The van der Waals surface area contributed by atoms with E-state index in [9.17, 15) is 0 Å². The summed E-state index contributed by atoms with van der Waals surface area (Å²) in [5, 5.41) is 0. The first-order valence-corrected chi connectivity index (χ1v) is 3.65. The van der Waals surface area contributed by atoms with E-state index < -0.39 is 5.66 Å². The number of imidazole rings is 1. The normalized spacial score (nSPS) is 29.6. The lowest BCUT2D eigenvalue weighted by molar-refractivity contribution is 0.259. The van der Waals surface area contributed by atoms with Crippen LogP contribution >= 0.6 is 0 Å². The number of nitrogens with one attached hydrogen (secondary N) is 1. The molecule has 3 N–H and O–H groups in total. The van der Waals surface area contributed by atoms with E-state index in [4.69, 9.17) is 5.73 Å². The fraction of sp³-hybridized carbons (Fsp3) is 0.143. The lowest BCUT2D eigenvalue weighted by Gasteiger charge is -2.43. The van der Waals surface area contributed by atoms with Crippen LogP contribution in [0.1, 0.15) is 5.69 Å². The largest absolute Gasteiger partial charge is 0.343 e. The number of fused-ring (bicyclic) bond motifs is 3. The Balaban J connectivity index is 2.29. The number of aromatic amines is 1. The van der Waals surface area contributed by atoms with Gasteiger partial charge < -0.3 is 9.88 Å². The molecule has 0 radical (unpaired) electrons. The van der Waals surface area contributed by atoms with Crippen molar-refractivity contribution in [3.8, 4) is 0 Å². The van der Waals surface area contributed by atoms with Crippen LogP contribution in [0.15, 0.2) is 23.6 Å². The van der Waals surface area contributed by atoms with Crippen molar-refractivity contribution in [3.05, 3.63) is 24.3 Å². The highest BCUT2D eigenvalue weighted by atomic mass is 15.4. The van der Waals surface area contributed by atoms with Crippen LogP contribution in [0.3, 0.4) is 0 Å². The summed E-state index contributed by atoms with van der Waals surface area (Å²) < 4.78 is 0. The fourth-order valence-corrected chi connectivity index (χ4v) is 1.46. The number of hydrogen-bond acceptors (Lipinski definition) is 4. The van der Waals surface area contributed by atoms with Crippen molar-refractivity contribution in [2.45, 2.75) is 5.66 Å². The van der Waals surface area contributed by atoms with Crippen molar-refractivity contribution in [3.63, 3.8) is 0 Å². The SMILES string of the molecule is NC12C=CN1C=Nc1nc[nH]c12. The molecule has 1 aromatic heterocycles. The highest BCUT2D eigenvalue weighted by molar-refractivity contribution is 5.71. The number of rotatable bonds is 0. The van der Waals surface area contributed by atoms with Gasteiger partial charge in [-0.05, 0) is 6.08 Å². The first-order valence-electron chi connectivity index (χ1n) is 3.65. The maximum absolute atomic E-state index is 6.04. The number of aliphatic imine (C=N–C) groups is 1. The first kappa shape index (κ1) is 5.96. The Hall–Kier alpha value is -1.62. The average molecular weight is 161 g/mol. The summed E-state index contributed by atoms with van der Waals surface area (Å²) in [6.45, 7) is 0. The second-order valence-corrected chi connectivity index (χ2v) is 2.89. The zero-order valence-electron chi connectivity index (χ0n) is 6.23. The van der Waals surface area contributed by atoms with Crippen molar-refractivity contribution < 1.29 is 0 Å². The van der Waals surface area contributed by atoms with Crippen LogP contribution < -0.4 is 5.73 Å². The molecule has 5 heteroatoms. The molecular weight excluding hydrogens is 154 g/mol. The molecule has 0 spiro atoms. The molecule has 1 aromatic rings. The van der Waals surface area contributed by atoms with Crippen molar-refractivity contribution in [2.24, 2.45) is 10.7 Å². The maximum Gasteiger partial charge on any atom is 0.178 e. The van der Waals surface area contributed by atoms with Gasteiger partial charge in [0.1, 0.15) is 5.69 Å². The van der Waals surface area contributed by atoms with Crippen LogP contribution in [0.2, 0.25) is 0 Å². The summed E-state index contributed by atoms with van der Waals surface area (Å²) in [4.78, 5) is 13.0. The molecular formula is C7H7N5. The molecule has 0 fully saturated rings. The molecule has 0 amide bonds. The summed E-state index contributed by atoms with van der Waals surface area (Å²) in [7, 11) is 0. The van der Waals surface area contributed by atoms with Crippen molar-refractivity contribution in [1.82, 2.24) is 14.9 Å². The zero-order valence-corrected chi connectivity index (χ0v) is 6.23. The number of hydrogen-bond donors (Lipinski definition) is 2. The highest BCUT2D eigenvalue weighted by Gasteiger charge is 2.41. The third-order valence-corrected chi connectivity index (χ3v) is 2.24. The molecule has 5 nitrogen and oxygen atoms in total. The van der Waals surface area contributed by atoms with E-state index in [0.717, 1.165) is 5.69 Å². The zero-order chi connectivity index (χ0) is 8.18. The van der Waals surface area contributed by atoms with Gasteiger partial charge in [-0.1, -0.05) is 0 Å². The van der Waals surface area contributed by atoms with E-state index in [2.05, 4.69) is 15.0 Å². The second kappa shape index (κ2) is 1.59. The predicted octanol–water partition coefficient (Wildman–Crippen LogP) is 0.0239. The Morgan fingerprint density at radius 1 is 1.58 bits per heavy atom. The number of nitrogens with two attached hydrogens (primary N) is 1. The molecule has 60 valence electrons. The number of H-pyrrole nitrogens is 1. The second-order valence-electron chi connectivity index (χ2n) is 2.89. The van der Waals surface area contributed by atoms with Gasteiger partial charge in [-0.15, -0.1) is 0 Å². The quantitative estimate of drug-likeness (QED) is 0.563. The minimum absolute atomic E-state index is 0.534. The molecule has 1 atom stereocenters. The van der Waals surface area contributed by atoms with Crippen molar-refractivity contribution in [1.29, 1.82) is 0 Å². The van der Waals surface area contributed by atoms with E-state index in [1.807, 2.05) is 17.2 Å². The maximum atomic E-state index is 6.04. The third-order valence-electron chi connectivity index (χ3n) is 2.24. The summed E-state index contributed by atoms with van der Waals surface area (Å²) >= 11 is 0. The van der Waals surface area contributed by atoms with Gasteiger partial charge in [-0.3, -0.25) is 5.73 Å². The molecule has 0 bridgehead atoms. The van der Waals surface area contributed by atoms with Gasteiger partial charge in [0.25, 0.3) is 0 Å². The standard InChI is InChI=1S/C7H7N5/c8-7-1-2-12(7)4-11-6-5(7)9-3-10-6/h1-4H,8H2,(H,9,10). The van der Waals surface area contributed by atoms with Crippen molar-refractivity contribution >= 4 is 12.2 Å². The van der Waals surface area contributed by atoms with Crippen LogP contribution in [0, 0.1) is 0 Å². The van der Waals surface area contributed by atoms with Gasteiger partial charge in [0.05, 0.1) is 12.7 Å². The molecule has 3 rings (SSSR count). The number of nitrogens with zero attached hydrogens (tertiary/aromatic N) is 3. The minimum atomic E-state index is -0.534. The summed E-state index contributed by atoms with van der Waals surface area (Å²) in [5.41, 5.74) is 6.36. The van der Waals surface area contributed by atoms with E-state index in [0.29, 0.717) is 5.82 Å². The van der Waals surface area contributed by atoms with Gasteiger partial charge in [-0.2, -0.15) is 0 Å². The lowest BCUT2D eigenvalue weighted by Crippen LogP contribution is -2.55. The Bertz CT molecular complexity index is 390. The monoisotopic (exact) mass is 161 g/mol. The molecule has 0 saturated carbocycles. The molecule has 0 aliphatic carbocycles. The molecule has 0 aromatic carbocycles. The van der Waals surface area contributed by atoms with E-state index in [-0.39, 0.29) is 0 Å². The molecule has 3 heterocycles. The Morgan fingerprint density at radius 2 is 2.50 bits per heavy atom. The van der Waals surface area contributed by atoms with Gasteiger partial charge >= 0.3 is 0 Å². The number of aromatic nitrogens is 2. The molecule has 0 saturated heterocycles. The van der Waals surface area contributed by atoms with E-state index in [1.54, 1.807) is 12.7 Å². The predicted molar refractivity (Wildman–Crippen MR) is 43.6 cm³/mol. The minimum Gasteiger partial charge on any atom is -0.343 e. The van der Waals surface area contributed by atoms with Crippen molar-refractivity contribution in [2.75, 3.05) is 0 Å². The van der Waals surface area contributed by atoms with Crippen LogP contribution in [0.25, 0.3) is 0 Å². The topological polar surface area (TPSA) is 70.3 Å². The lowest BCUT2D eigenvalue weighted by atomic mass is 9.99. The molecule has 2 aliphatic heterocycles. The summed E-state index contributed by atoms with van der Waals surface area (Å²) in [6.07, 6.45) is 7.08. The van der Waals surface area contributed by atoms with E-state index in [1.165, 1.54) is 0 Å².